The second kappa shape index (κ2) is 14.7. The molecule has 0 saturated carbocycles. The first-order valence-corrected chi connectivity index (χ1v) is 17.3. The van der Waals surface area contributed by atoms with Gasteiger partial charge in [0, 0.05) is 21.9 Å². The number of fused-ring (bicyclic) bond motifs is 3. The molecule has 6 nitrogen and oxygen atoms in total. The topological polar surface area (TPSA) is 62.7 Å². The van der Waals surface area contributed by atoms with Crippen molar-refractivity contribution >= 4 is 21.8 Å². The van der Waals surface area contributed by atoms with Crippen molar-refractivity contribution in [2.24, 2.45) is 0 Å². The Kier molecular flexibility index (Phi) is 9.61. The predicted molar refractivity (Wildman–Crippen MR) is 203 cm³/mol. The van der Waals surface area contributed by atoms with Crippen molar-refractivity contribution in [2.45, 2.75) is 27.7 Å². The summed E-state index contributed by atoms with van der Waals surface area (Å²) in [5, 5.41) is 1.99. The van der Waals surface area contributed by atoms with Gasteiger partial charge in [0.1, 0.15) is 0 Å². The Labute approximate surface area is 293 Å². The zero-order valence-electron chi connectivity index (χ0n) is 28.9. The van der Waals surface area contributed by atoms with Gasteiger partial charge in [-0.2, -0.15) is 0 Å². The van der Waals surface area contributed by atoms with Gasteiger partial charge >= 0.3 is 0 Å². The van der Waals surface area contributed by atoms with E-state index >= 15 is 0 Å². The molecule has 7 aromatic rings. The van der Waals surface area contributed by atoms with E-state index in [2.05, 4.69) is 72.8 Å². The van der Waals surface area contributed by atoms with Crippen molar-refractivity contribution in [3.05, 3.63) is 121 Å². The van der Waals surface area contributed by atoms with Crippen LogP contribution in [0.15, 0.2) is 121 Å². The lowest BCUT2D eigenvalue weighted by molar-refractivity contribution is 0.288. The van der Waals surface area contributed by atoms with Crippen molar-refractivity contribution < 1.29 is 18.9 Å². The van der Waals surface area contributed by atoms with E-state index in [9.17, 15) is 0 Å². The minimum absolute atomic E-state index is 0.534. The molecule has 0 radical (unpaired) electrons. The van der Waals surface area contributed by atoms with Crippen LogP contribution in [0.25, 0.3) is 66.6 Å². The number of ether oxygens (including phenoxy) is 4. The van der Waals surface area contributed by atoms with Crippen LogP contribution < -0.4 is 18.9 Å². The molecule has 0 unspecified atom stereocenters. The highest BCUT2D eigenvalue weighted by molar-refractivity contribution is 6.13. The van der Waals surface area contributed by atoms with Gasteiger partial charge in [0.15, 0.2) is 23.0 Å². The van der Waals surface area contributed by atoms with E-state index in [-0.39, 0.29) is 0 Å². The zero-order chi connectivity index (χ0) is 34.5. The molecule has 0 aliphatic heterocycles. The first-order chi connectivity index (χ1) is 24.6. The Balaban J connectivity index is 1.55. The molecular weight excluding hydrogens is 620 g/mol. The van der Waals surface area contributed by atoms with Gasteiger partial charge in [0.25, 0.3) is 0 Å². The maximum Gasteiger partial charge on any atom is 0.161 e. The van der Waals surface area contributed by atoms with Crippen LogP contribution in [0.4, 0.5) is 0 Å². The first kappa shape index (κ1) is 32.7. The number of benzene rings is 5. The standard InChI is InChI=1S/C44H40N2O4/c1-5-47-39-23-19-31(25-41(39)49-7-3)35-27-37(29-15-11-9-12-16-29)45-43-33(35)21-22-34-36(28-38(46-44(34)43)30-17-13-10-14-18-30)32-20-24-40(48-6-2)42(26-32)50-8-4/h9-28H,5-8H2,1-4H3. The average molecular weight is 661 g/mol. The molecule has 50 heavy (non-hydrogen) atoms. The number of pyridine rings is 2. The largest absolute Gasteiger partial charge is 0.490 e. The maximum absolute atomic E-state index is 6.06. The molecule has 0 N–H and O–H groups in total. The fourth-order valence-electron chi connectivity index (χ4n) is 6.40. The third-order valence-electron chi connectivity index (χ3n) is 8.61. The van der Waals surface area contributed by atoms with Crippen LogP contribution in [-0.4, -0.2) is 36.4 Å². The van der Waals surface area contributed by atoms with E-state index < -0.39 is 0 Å². The Morgan fingerprint density at radius 2 is 0.760 bits per heavy atom. The molecule has 250 valence electrons. The highest BCUT2D eigenvalue weighted by Crippen LogP contribution is 2.42. The normalized spacial score (nSPS) is 11.1. The lowest BCUT2D eigenvalue weighted by Crippen LogP contribution is -2.00. The van der Waals surface area contributed by atoms with Crippen LogP contribution >= 0.6 is 0 Å². The van der Waals surface area contributed by atoms with Crippen molar-refractivity contribution in [3.8, 4) is 67.8 Å². The molecule has 0 atom stereocenters. The van der Waals surface area contributed by atoms with Crippen molar-refractivity contribution in [1.29, 1.82) is 0 Å². The summed E-state index contributed by atoms with van der Waals surface area (Å²) in [5.41, 5.74) is 9.50. The van der Waals surface area contributed by atoms with Crippen LogP contribution in [0.2, 0.25) is 0 Å². The van der Waals surface area contributed by atoms with Crippen molar-refractivity contribution in [2.75, 3.05) is 26.4 Å². The highest BCUT2D eigenvalue weighted by Gasteiger charge is 2.19. The van der Waals surface area contributed by atoms with E-state index in [1.54, 1.807) is 0 Å². The summed E-state index contributed by atoms with van der Waals surface area (Å²) in [5.74, 6) is 2.88. The number of aromatic nitrogens is 2. The molecule has 7 rings (SSSR count). The smallest absolute Gasteiger partial charge is 0.161 e. The maximum atomic E-state index is 6.06. The van der Waals surface area contributed by atoms with Crippen LogP contribution in [0, 0.1) is 0 Å². The number of nitrogens with zero attached hydrogens (tertiary/aromatic N) is 2. The van der Waals surface area contributed by atoms with Crippen LogP contribution in [0.5, 0.6) is 23.0 Å². The van der Waals surface area contributed by atoms with Gasteiger partial charge in [-0.15, -0.1) is 0 Å². The molecule has 0 spiro atoms. The second-order valence-electron chi connectivity index (χ2n) is 11.8. The van der Waals surface area contributed by atoms with Crippen LogP contribution in [0.3, 0.4) is 0 Å². The number of hydrogen-bond acceptors (Lipinski definition) is 6. The van der Waals surface area contributed by atoms with E-state index in [0.29, 0.717) is 37.9 Å². The van der Waals surface area contributed by atoms with Gasteiger partial charge in [-0.1, -0.05) is 84.9 Å². The molecule has 0 aliphatic carbocycles. The molecular formula is C44H40N2O4. The molecule has 5 aromatic carbocycles. The van der Waals surface area contributed by atoms with E-state index in [1.807, 2.05) is 76.2 Å². The third-order valence-corrected chi connectivity index (χ3v) is 8.61. The summed E-state index contributed by atoms with van der Waals surface area (Å²) < 4.78 is 23.9. The second-order valence-corrected chi connectivity index (χ2v) is 11.8. The Hall–Kier alpha value is -5.88. The quantitative estimate of drug-likeness (QED) is 0.122. The molecule has 0 amide bonds. The lowest BCUT2D eigenvalue weighted by Gasteiger charge is -2.17. The summed E-state index contributed by atoms with van der Waals surface area (Å²) in [6.45, 7) is 10.1. The first-order valence-electron chi connectivity index (χ1n) is 17.3. The molecule has 2 aromatic heterocycles. The fourth-order valence-corrected chi connectivity index (χ4v) is 6.40. The van der Waals surface area contributed by atoms with Gasteiger partial charge in [-0.3, -0.25) is 0 Å². The molecule has 0 saturated heterocycles. The SMILES string of the molecule is CCOc1ccc(-c2cc(-c3ccccc3)nc3c2ccc2c(-c4ccc(OCC)c(OCC)c4)cc(-c4ccccc4)nc23)cc1OCC. The lowest BCUT2D eigenvalue weighted by atomic mass is 9.93. The Morgan fingerprint density at radius 1 is 0.380 bits per heavy atom. The molecule has 0 bridgehead atoms. The molecule has 2 heterocycles. The van der Waals surface area contributed by atoms with Gasteiger partial charge in [0.2, 0.25) is 0 Å². The zero-order valence-corrected chi connectivity index (χ0v) is 28.9. The summed E-state index contributed by atoms with van der Waals surface area (Å²) >= 11 is 0. The van der Waals surface area contributed by atoms with Gasteiger partial charge in [-0.25, -0.2) is 9.97 Å². The number of hydrogen-bond donors (Lipinski definition) is 0. The third kappa shape index (κ3) is 6.45. The molecule has 0 fully saturated rings. The predicted octanol–water partition coefficient (Wildman–Crippen LogP) is 11.0. The molecule has 6 heteroatoms. The molecule has 0 aliphatic rings. The average Bonchev–Trinajstić information content (AvgIpc) is 3.16. The number of rotatable bonds is 12. The summed E-state index contributed by atoms with van der Waals surface area (Å²) in [4.78, 5) is 10.7. The van der Waals surface area contributed by atoms with Gasteiger partial charge in [-0.05, 0) is 86.3 Å². The van der Waals surface area contributed by atoms with Crippen molar-refractivity contribution in [3.63, 3.8) is 0 Å². The van der Waals surface area contributed by atoms with Gasteiger partial charge in [0.05, 0.1) is 48.8 Å². The van der Waals surface area contributed by atoms with Crippen molar-refractivity contribution in [1.82, 2.24) is 9.97 Å². The Morgan fingerprint density at radius 3 is 1.14 bits per heavy atom. The van der Waals surface area contributed by atoms with E-state index in [1.165, 1.54) is 0 Å². The minimum Gasteiger partial charge on any atom is -0.490 e. The summed E-state index contributed by atoms with van der Waals surface area (Å²) in [6, 6.07) is 41.5. The monoisotopic (exact) mass is 660 g/mol. The summed E-state index contributed by atoms with van der Waals surface area (Å²) in [7, 11) is 0. The van der Waals surface area contributed by atoms with Crippen LogP contribution in [0.1, 0.15) is 27.7 Å². The van der Waals surface area contributed by atoms with Crippen LogP contribution in [-0.2, 0) is 0 Å². The summed E-state index contributed by atoms with van der Waals surface area (Å²) in [6.07, 6.45) is 0. The Bertz CT molecular complexity index is 2110. The van der Waals surface area contributed by atoms with E-state index in [4.69, 9.17) is 28.9 Å². The van der Waals surface area contributed by atoms with E-state index in [0.717, 1.165) is 78.1 Å². The fraction of sp³-hybridized carbons (Fsp3) is 0.182. The highest BCUT2D eigenvalue weighted by atomic mass is 16.5. The minimum atomic E-state index is 0.534. The van der Waals surface area contributed by atoms with Gasteiger partial charge < -0.3 is 18.9 Å².